The molecule has 0 aromatic carbocycles. The van der Waals surface area contributed by atoms with Crippen LogP contribution in [0.1, 0.15) is 33.1 Å². The summed E-state index contributed by atoms with van der Waals surface area (Å²) in [5, 5.41) is 9.95. The molecule has 0 aliphatic heterocycles. The number of amides is 1. The summed E-state index contributed by atoms with van der Waals surface area (Å²) in [4.78, 5) is 14.4. The van der Waals surface area contributed by atoms with Crippen LogP contribution in [0.25, 0.3) is 0 Å². The van der Waals surface area contributed by atoms with Gasteiger partial charge in [0.15, 0.2) is 0 Å². The Labute approximate surface area is 103 Å². The SMILES string of the molecule is CCCCN(CC)C(=O)C1CC2C=CC1C2O. The van der Waals surface area contributed by atoms with Crippen LogP contribution in [0.3, 0.4) is 0 Å². The highest BCUT2D eigenvalue weighted by Gasteiger charge is 2.47. The highest BCUT2D eigenvalue weighted by atomic mass is 16.3. The van der Waals surface area contributed by atoms with Crippen molar-refractivity contribution in [3.63, 3.8) is 0 Å². The van der Waals surface area contributed by atoms with Gasteiger partial charge in [0.05, 0.1) is 6.10 Å². The second kappa shape index (κ2) is 5.21. The minimum absolute atomic E-state index is 0.0248. The maximum Gasteiger partial charge on any atom is 0.226 e. The second-order valence-corrected chi connectivity index (χ2v) is 5.23. The molecular formula is C14H23NO2. The molecule has 1 amide bonds. The molecule has 2 aliphatic rings. The van der Waals surface area contributed by atoms with E-state index < -0.39 is 0 Å². The summed E-state index contributed by atoms with van der Waals surface area (Å²) in [7, 11) is 0. The summed E-state index contributed by atoms with van der Waals surface area (Å²) in [6.07, 6.45) is 6.82. The summed E-state index contributed by atoms with van der Waals surface area (Å²) in [5.74, 6) is 0.565. The standard InChI is InChI=1S/C14H23NO2/c1-3-5-8-15(4-2)14(17)12-9-10-6-7-11(12)13(10)16/h6-7,10-13,16H,3-5,8-9H2,1-2H3. The summed E-state index contributed by atoms with van der Waals surface area (Å²) >= 11 is 0. The molecule has 1 N–H and O–H groups in total. The summed E-state index contributed by atoms with van der Waals surface area (Å²) in [5.41, 5.74) is 0. The normalized spacial score (nSPS) is 34.3. The Morgan fingerprint density at radius 2 is 2.18 bits per heavy atom. The van der Waals surface area contributed by atoms with Gasteiger partial charge >= 0.3 is 0 Å². The van der Waals surface area contributed by atoms with E-state index in [2.05, 4.69) is 13.0 Å². The fourth-order valence-electron chi connectivity index (χ4n) is 3.10. The molecule has 3 heteroatoms. The third kappa shape index (κ3) is 2.25. The Morgan fingerprint density at radius 1 is 1.41 bits per heavy atom. The number of nitrogens with zero attached hydrogens (tertiary/aromatic N) is 1. The van der Waals surface area contributed by atoms with Crippen molar-refractivity contribution < 1.29 is 9.90 Å². The monoisotopic (exact) mass is 237 g/mol. The Morgan fingerprint density at radius 3 is 2.65 bits per heavy atom. The predicted molar refractivity (Wildman–Crippen MR) is 67.4 cm³/mol. The van der Waals surface area contributed by atoms with E-state index in [0.717, 1.165) is 32.4 Å². The van der Waals surface area contributed by atoms with Crippen LogP contribution in [-0.4, -0.2) is 35.1 Å². The number of fused-ring (bicyclic) bond motifs is 2. The molecule has 0 radical (unpaired) electrons. The lowest BCUT2D eigenvalue weighted by Crippen LogP contribution is -2.38. The third-order valence-electron chi connectivity index (χ3n) is 4.20. The average molecular weight is 237 g/mol. The van der Waals surface area contributed by atoms with E-state index in [1.165, 1.54) is 0 Å². The molecule has 4 atom stereocenters. The van der Waals surface area contributed by atoms with Gasteiger partial charge in [-0.15, -0.1) is 0 Å². The van der Waals surface area contributed by atoms with E-state index in [-0.39, 0.29) is 29.8 Å². The van der Waals surface area contributed by atoms with Crippen molar-refractivity contribution in [2.75, 3.05) is 13.1 Å². The van der Waals surface area contributed by atoms with Gasteiger partial charge in [-0.1, -0.05) is 25.5 Å². The lowest BCUT2D eigenvalue weighted by Gasteiger charge is -2.27. The van der Waals surface area contributed by atoms with Crippen LogP contribution in [0.2, 0.25) is 0 Å². The van der Waals surface area contributed by atoms with Crippen molar-refractivity contribution in [2.24, 2.45) is 17.8 Å². The van der Waals surface area contributed by atoms with Gasteiger partial charge in [-0.05, 0) is 19.8 Å². The number of rotatable bonds is 5. The van der Waals surface area contributed by atoms with Crippen molar-refractivity contribution in [2.45, 2.75) is 39.2 Å². The quantitative estimate of drug-likeness (QED) is 0.741. The van der Waals surface area contributed by atoms with Crippen molar-refractivity contribution >= 4 is 5.91 Å². The Hall–Kier alpha value is -0.830. The van der Waals surface area contributed by atoms with Gasteiger partial charge in [-0.25, -0.2) is 0 Å². The number of carbonyl (C=O) groups is 1. The number of aliphatic hydroxyl groups is 1. The van der Waals surface area contributed by atoms with Gasteiger partial charge < -0.3 is 10.0 Å². The van der Waals surface area contributed by atoms with Crippen LogP contribution >= 0.6 is 0 Å². The first-order valence-electron chi connectivity index (χ1n) is 6.84. The summed E-state index contributed by atoms with van der Waals surface area (Å²) in [6.45, 7) is 5.82. The van der Waals surface area contributed by atoms with E-state index in [4.69, 9.17) is 0 Å². The van der Waals surface area contributed by atoms with Crippen LogP contribution in [-0.2, 0) is 4.79 Å². The smallest absolute Gasteiger partial charge is 0.226 e. The van der Waals surface area contributed by atoms with Gasteiger partial charge in [-0.2, -0.15) is 0 Å². The second-order valence-electron chi connectivity index (χ2n) is 5.23. The molecule has 3 nitrogen and oxygen atoms in total. The van der Waals surface area contributed by atoms with Crippen LogP contribution < -0.4 is 0 Å². The molecular weight excluding hydrogens is 214 g/mol. The molecule has 2 rings (SSSR count). The Balaban J connectivity index is 1.98. The van der Waals surface area contributed by atoms with Crippen LogP contribution in [0, 0.1) is 17.8 Å². The molecule has 1 fully saturated rings. The van der Waals surface area contributed by atoms with Gasteiger partial charge in [0.25, 0.3) is 0 Å². The minimum Gasteiger partial charge on any atom is -0.392 e. The molecule has 96 valence electrons. The van der Waals surface area contributed by atoms with Crippen LogP contribution in [0.4, 0.5) is 0 Å². The maximum atomic E-state index is 12.4. The third-order valence-corrected chi connectivity index (χ3v) is 4.20. The molecule has 2 aliphatic carbocycles. The number of hydrogen-bond acceptors (Lipinski definition) is 2. The van der Waals surface area contributed by atoms with E-state index >= 15 is 0 Å². The van der Waals surface area contributed by atoms with Gasteiger partial charge in [0, 0.05) is 30.8 Å². The summed E-state index contributed by atoms with van der Waals surface area (Å²) in [6, 6.07) is 0. The van der Waals surface area contributed by atoms with E-state index in [1.807, 2.05) is 17.9 Å². The van der Waals surface area contributed by atoms with Crippen molar-refractivity contribution in [1.29, 1.82) is 0 Å². The fraction of sp³-hybridized carbons (Fsp3) is 0.786. The first-order chi connectivity index (χ1) is 8.19. The predicted octanol–water partition coefficient (Wildman–Crippen LogP) is 1.82. The lowest BCUT2D eigenvalue weighted by molar-refractivity contribution is -0.136. The largest absolute Gasteiger partial charge is 0.392 e. The molecule has 0 aromatic rings. The number of hydrogen-bond donors (Lipinski definition) is 1. The van der Waals surface area contributed by atoms with Gasteiger partial charge in [0.2, 0.25) is 5.91 Å². The number of unbranched alkanes of at least 4 members (excludes halogenated alkanes) is 1. The van der Waals surface area contributed by atoms with E-state index in [9.17, 15) is 9.90 Å². The first-order valence-corrected chi connectivity index (χ1v) is 6.84. The Bertz CT molecular complexity index is 313. The van der Waals surface area contributed by atoms with Crippen molar-refractivity contribution in [3.05, 3.63) is 12.2 Å². The zero-order valence-corrected chi connectivity index (χ0v) is 10.8. The zero-order valence-electron chi connectivity index (χ0n) is 10.8. The molecule has 2 bridgehead atoms. The molecule has 0 heterocycles. The van der Waals surface area contributed by atoms with Gasteiger partial charge in [-0.3, -0.25) is 4.79 Å². The van der Waals surface area contributed by atoms with Crippen molar-refractivity contribution in [3.8, 4) is 0 Å². The number of aliphatic hydroxyl groups excluding tert-OH is 1. The van der Waals surface area contributed by atoms with Crippen molar-refractivity contribution in [1.82, 2.24) is 4.90 Å². The topological polar surface area (TPSA) is 40.5 Å². The summed E-state index contributed by atoms with van der Waals surface area (Å²) < 4.78 is 0. The maximum absolute atomic E-state index is 12.4. The van der Waals surface area contributed by atoms with E-state index in [1.54, 1.807) is 0 Å². The molecule has 4 unspecified atom stereocenters. The molecule has 0 aromatic heterocycles. The highest BCUT2D eigenvalue weighted by molar-refractivity contribution is 5.80. The minimum atomic E-state index is -0.311. The van der Waals surface area contributed by atoms with E-state index in [0.29, 0.717) is 0 Å². The zero-order chi connectivity index (χ0) is 12.4. The molecule has 1 saturated carbocycles. The van der Waals surface area contributed by atoms with Crippen LogP contribution in [0.5, 0.6) is 0 Å². The highest BCUT2D eigenvalue weighted by Crippen LogP contribution is 2.44. The first kappa shape index (κ1) is 12.6. The number of carbonyl (C=O) groups excluding carboxylic acids is 1. The Kier molecular flexibility index (Phi) is 3.87. The van der Waals surface area contributed by atoms with Gasteiger partial charge in [0.1, 0.15) is 0 Å². The van der Waals surface area contributed by atoms with Crippen LogP contribution in [0.15, 0.2) is 12.2 Å². The molecule has 17 heavy (non-hydrogen) atoms. The molecule has 0 spiro atoms. The lowest BCUT2D eigenvalue weighted by atomic mass is 9.92. The molecule has 0 saturated heterocycles. The average Bonchev–Trinajstić information content (AvgIpc) is 2.85. The fourth-order valence-corrected chi connectivity index (χ4v) is 3.10.